The van der Waals surface area contributed by atoms with E-state index < -0.39 is 5.97 Å². The highest BCUT2D eigenvalue weighted by Gasteiger charge is 2.22. The monoisotopic (exact) mass is 228 g/mol. The van der Waals surface area contributed by atoms with Gasteiger partial charge in [-0.1, -0.05) is 0 Å². The van der Waals surface area contributed by atoms with Gasteiger partial charge in [0.1, 0.15) is 0 Å². The number of aliphatic carboxylic acids is 1. The fourth-order valence-electron chi connectivity index (χ4n) is 1.38. The molecule has 0 atom stereocenters. The topological polar surface area (TPSA) is 78.4 Å². The number of carboxylic acid groups (broad SMARTS) is 1. The highest BCUT2D eigenvalue weighted by atomic mass is 16.4. The number of hydrogen-bond acceptors (Lipinski definition) is 3. The zero-order valence-corrected chi connectivity index (χ0v) is 9.50. The Kier molecular flexibility index (Phi) is 5.85. The van der Waals surface area contributed by atoms with Crippen LogP contribution in [0.15, 0.2) is 0 Å². The summed E-state index contributed by atoms with van der Waals surface area (Å²) in [6.07, 6.45) is 4.51. The molecule has 0 heterocycles. The van der Waals surface area contributed by atoms with E-state index >= 15 is 0 Å². The number of rotatable bonds is 9. The first-order valence-corrected chi connectivity index (χ1v) is 5.90. The van der Waals surface area contributed by atoms with E-state index in [2.05, 4.69) is 10.6 Å². The molecule has 1 saturated carbocycles. The first-order chi connectivity index (χ1) is 7.68. The van der Waals surface area contributed by atoms with Crippen molar-refractivity contribution in [3.63, 3.8) is 0 Å². The Morgan fingerprint density at radius 1 is 1.12 bits per heavy atom. The molecule has 5 heteroatoms. The van der Waals surface area contributed by atoms with Gasteiger partial charge in [0.05, 0.1) is 0 Å². The molecule has 0 aromatic rings. The van der Waals surface area contributed by atoms with Crippen molar-refractivity contribution in [1.29, 1.82) is 0 Å². The van der Waals surface area contributed by atoms with Gasteiger partial charge >= 0.3 is 5.97 Å². The van der Waals surface area contributed by atoms with Crippen molar-refractivity contribution >= 4 is 11.9 Å². The van der Waals surface area contributed by atoms with Gasteiger partial charge < -0.3 is 15.7 Å². The van der Waals surface area contributed by atoms with Crippen LogP contribution in [0.1, 0.15) is 38.5 Å². The van der Waals surface area contributed by atoms with E-state index in [1.807, 2.05) is 0 Å². The molecule has 0 aromatic carbocycles. The van der Waals surface area contributed by atoms with Crippen molar-refractivity contribution in [3.8, 4) is 0 Å². The molecule has 1 aliphatic carbocycles. The lowest BCUT2D eigenvalue weighted by atomic mass is 10.2. The van der Waals surface area contributed by atoms with Crippen molar-refractivity contribution in [3.05, 3.63) is 0 Å². The molecule has 5 nitrogen and oxygen atoms in total. The van der Waals surface area contributed by atoms with Crippen LogP contribution < -0.4 is 10.6 Å². The predicted octanol–water partition coefficient (Wildman–Crippen LogP) is 0.500. The molecule has 0 aliphatic heterocycles. The van der Waals surface area contributed by atoms with E-state index in [1.165, 1.54) is 0 Å². The van der Waals surface area contributed by atoms with Crippen molar-refractivity contribution < 1.29 is 14.7 Å². The van der Waals surface area contributed by atoms with Crippen molar-refractivity contribution in [2.24, 2.45) is 0 Å². The fourth-order valence-corrected chi connectivity index (χ4v) is 1.38. The SMILES string of the molecule is O=C(O)CCCCNCCC(=O)NC1CC1. The Morgan fingerprint density at radius 2 is 1.88 bits per heavy atom. The van der Waals surface area contributed by atoms with Crippen LogP contribution in [0.25, 0.3) is 0 Å². The van der Waals surface area contributed by atoms with E-state index in [0.29, 0.717) is 25.4 Å². The lowest BCUT2D eigenvalue weighted by molar-refractivity contribution is -0.137. The lowest BCUT2D eigenvalue weighted by Gasteiger charge is -2.04. The summed E-state index contributed by atoms with van der Waals surface area (Å²) < 4.78 is 0. The zero-order chi connectivity index (χ0) is 11.8. The average Bonchev–Trinajstić information content (AvgIpc) is 2.99. The molecule has 1 rings (SSSR count). The van der Waals surface area contributed by atoms with Gasteiger partial charge in [-0.2, -0.15) is 0 Å². The normalized spacial score (nSPS) is 14.8. The van der Waals surface area contributed by atoms with Crippen molar-refractivity contribution in [2.45, 2.75) is 44.6 Å². The smallest absolute Gasteiger partial charge is 0.303 e. The Bertz CT molecular complexity index is 239. The van der Waals surface area contributed by atoms with Gasteiger partial charge in [0.2, 0.25) is 5.91 Å². The van der Waals surface area contributed by atoms with Gasteiger partial charge in [0, 0.05) is 25.4 Å². The summed E-state index contributed by atoms with van der Waals surface area (Å²) >= 11 is 0. The molecule has 0 bridgehead atoms. The summed E-state index contributed by atoms with van der Waals surface area (Å²) in [4.78, 5) is 21.5. The van der Waals surface area contributed by atoms with Crippen LogP contribution in [0.5, 0.6) is 0 Å². The second-order valence-electron chi connectivity index (χ2n) is 4.19. The van der Waals surface area contributed by atoms with Crippen LogP contribution in [0.2, 0.25) is 0 Å². The minimum Gasteiger partial charge on any atom is -0.481 e. The maximum absolute atomic E-state index is 11.2. The third-order valence-electron chi connectivity index (χ3n) is 2.47. The van der Waals surface area contributed by atoms with Crippen LogP contribution in [0.3, 0.4) is 0 Å². The number of nitrogens with one attached hydrogen (secondary N) is 2. The van der Waals surface area contributed by atoms with Crippen molar-refractivity contribution in [1.82, 2.24) is 10.6 Å². The third-order valence-corrected chi connectivity index (χ3v) is 2.47. The quantitative estimate of drug-likeness (QED) is 0.502. The predicted molar refractivity (Wildman–Crippen MR) is 60.1 cm³/mol. The Hall–Kier alpha value is -1.10. The summed E-state index contributed by atoms with van der Waals surface area (Å²) in [5.74, 6) is -0.635. The first-order valence-electron chi connectivity index (χ1n) is 5.90. The number of hydrogen-bond donors (Lipinski definition) is 3. The number of carboxylic acids is 1. The summed E-state index contributed by atoms with van der Waals surface area (Å²) in [5, 5.41) is 14.4. The molecule has 1 aliphatic rings. The minimum atomic E-state index is -0.746. The van der Waals surface area contributed by atoms with E-state index in [1.54, 1.807) is 0 Å². The maximum atomic E-state index is 11.2. The second-order valence-corrected chi connectivity index (χ2v) is 4.19. The molecule has 0 unspecified atom stereocenters. The van der Waals surface area contributed by atoms with Crippen LogP contribution in [-0.2, 0) is 9.59 Å². The van der Waals surface area contributed by atoms with Crippen LogP contribution in [0.4, 0.5) is 0 Å². The van der Waals surface area contributed by atoms with E-state index in [4.69, 9.17) is 5.11 Å². The van der Waals surface area contributed by atoms with Crippen molar-refractivity contribution in [2.75, 3.05) is 13.1 Å². The molecule has 16 heavy (non-hydrogen) atoms. The molecular weight excluding hydrogens is 208 g/mol. The van der Waals surface area contributed by atoms with Gasteiger partial charge in [0.25, 0.3) is 0 Å². The highest BCUT2D eigenvalue weighted by Crippen LogP contribution is 2.18. The molecule has 0 spiro atoms. The van der Waals surface area contributed by atoms with Gasteiger partial charge in [-0.3, -0.25) is 9.59 Å². The first kappa shape index (κ1) is 13.0. The number of amides is 1. The summed E-state index contributed by atoms with van der Waals surface area (Å²) in [7, 11) is 0. The summed E-state index contributed by atoms with van der Waals surface area (Å²) in [5.41, 5.74) is 0. The molecule has 0 saturated heterocycles. The molecule has 0 radical (unpaired) electrons. The van der Waals surface area contributed by atoms with Crippen LogP contribution in [0, 0.1) is 0 Å². The molecule has 3 N–H and O–H groups in total. The Morgan fingerprint density at radius 3 is 2.50 bits per heavy atom. The van der Waals surface area contributed by atoms with Gasteiger partial charge in [-0.25, -0.2) is 0 Å². The Balaban J connectivity index is 1.80. The third kappa shape index (κ3) is 7.23. The number of unbranched alkanes of at least 4 members (excludes halogenated alkanes) is 1. The zero-order valence-electron chi connectivity index (χ0n) is 9.50. The van der Waals surface area contributed by atoms with Gasteiger partial charge in [-0.05, 0) is 32.2 Å². The van der Waals surface area contributed by atoms with Gasteiger partial charge in [0.15, 0.2) is 0 Å². The largest absolute Gasteiger partial charge is 0.481 e. The minimum absolute atomic E-state index is 0.112. The highest BCUT2D eigenvalue weighted by molar-refractivity contribution is 5.76. The maximum Gasteiger partial charge on any atom is 0.303 e. The van der Waals surface area contributed by atoms with Gasteiger partial charge in [-0.15, -0.1) is 0 Å². The second kappa shape index (κ2) is 7.22. The van der Waals surface area contributed by atoms with E-state index in [9.17, 15) is 9.59 Å². The number of carbonyl (C=O) groups excluding carboxylic acids is 1. The molecule has 92 valence electrons. The van der Waals surface area contributed by atoms with Crippen LogP contribution >= 0.6 is 0 Å². The van der Waals surface area contributed by atoms with E-state index in [-0.39, 0.29) is 12.3 Å². The standard InChI is InChI=1S/C11H20N2O3/c14-10(13-9-4-5-9)6-8-12-7-2-1-3-11(15)16/h9,12H,1-8H2,(H,13,14)(H,15,16). The molecule has 0 aromatic heterocycles. The molecule has 1 fully saturated rings. The summed E-state index contributed by atoms with van der Waals surface area (Å²) in [6, 6.07) is 0.433. The average molecular weight is 228 g/mol. The Labute approximate surface area is 95.6 Å². The van der Waals surface area contributed by atoms with Crippen LogP contribution in [-0.4, -0.2) is 36.1 Å². The fraction of sp³-hybridized carbons (Fsp3) is 0.818. The summed E-state index contributed by atoms with van der Waals surface area (Å²) in [6.45, 7) is 1.45. The van der Waals surface area contributed by atoms with E-state index in [0.717, 1.165) is 25.8 Å². The molecule has 1 amide bonds. The number of carbonyl (C=O) groups is 2. The lowest BCUT2D eigenvalue weighted by Crippen LogP contribution is -2.29. The molecular formula is C11H20N2O3.